The van der Waals surface area contributed by atoms with Crippen molar-refractivity contribution in [1.29, 1.82) is 0 Å². The summed E-state index contributed by atoms with van der Waals surface area (Å²) in [5.41, 5.74) is 0. The predicted molar refractivity (Wildman–Crippen MR) is 185 cm³/mol. The van der Waals surface area contributed by atoms with Crippen molar-refractivity contribution in [3.05, 3.63) is 0 Å². The van der Waals surface area contributed by atoms with E-state index in [9.17, 15) is 0 Å². The van der Waals surface area contributed by atoms with E-state index in [4.69, 9.17) is 0 Å². The first kappa shape index (κ1) is 31.9. The Morgan fingerprint density at radius 2 is 0.395 bits per heavy atom. The molecule has 0 aromatic heterocycles. The van der Waals surface area contributed by atoms with E-state index in [1.54, 1.807) is 8.07 Å². The molecule has 9 rings (SSSR count). The molecule has 8 atom stereocenters. The van der Waals surface area contributed by atoms with Crippen molar-refractivity contribution in [3.63, 3.8) is 0 Å². The molecule has 43 heavy (non-hydrogen) atoms. The van der Waals surface area contributed by atoms with E-state index in [0.717, 1.165) is 47.3 Å². The SMILES string of the molecule is C1CCC2C3NC(NC4NC(NC5NC(NC6NC(N3)C3CCCCC63)C3CCCCC53)C3CCCCC43)C2C1.[I][Ni][I]. The molecule has 11 heteroatoms. The fraction of sp³-hybridized carbons (Fsp3) is 1.00. The van der Waals surface area contributed by atoms with Crippen LogP contribution in [0.5, 0.6) is 0 Å². The summed E-state index contributed by atoms with van der Waals surface area (Å²) in [6.07, 6.45) is 25.6. The van der Waals surface area contributed by atoms with Gasteiger partial charge < -0.3 is 0 Å². The third kappa shape index (κ3) is 6.29. The van der Waals surface area contributed by atoms with Gasteiger partial charge in [-0.3, -0.25) is 42.5 Å². The summed E-state index contributed by atoms with van der Waals surface area (Å²) in [6.45, 7) is 0. The van der Waals surface area contributed by atoms with Gasteiger partial charge in [0.15, 0.2) is 0 Å². The summed E-state index contributed by atoms with van der Waals surface area (Å²) in [7, 11) is 1.56. The Kier molecular flexibility index (Phi) is 10.6. The Hall–Kier alpha value is 1.63. The molecule has 8 bridgehead atoms. The molecule has 9 aliphatic rings. The molecule has 4 aliphatic carbocycles. The van der Waals surface area contributed by atoms with E-state index in [1.807, 2.05) is 0 Å². The second-order valence-corrected chi connectivity index (χ2v) is 24.0. The Bertz CT molecular complexity index is 743. The molecule has 0 radical (unpaired) electrons. The molecule has 5 saturated heterocycles. The number of hydrogen-bond donors (Lipinski definition) is 8. The van der Waals surface area contributed by atoms with Crippen molar-refractivity contribution in [1.82, 2.24) is 42.5 Å². The molecule has 8 N–H and O–H groups in total. The second kappa shape index (κ2) is 14.2. The van der Waals surface area contributed by atoms with Gasteiger partial charge >= 0.3 is 49.0 Å². The summed E-state index contributed by atoms with van der Waals surface area (Å²) in [6, 6.07) is 0. The summed E-state index contributed by atoms with van der Waals surface area (Å²) in [4.78, 5) is 0. The maximum atomic E-state index is 4.26. The molecule has 248 valence electrons. The van der Waals surface area contributed by atoms with Crippen LogP contribution < -0.4 is 42.5 Å². The third-order valence-electron chi connectivity index (χ3n) is 13.8. The van der Waals surface area contributed by atoms with Crippen LogP contribution in [0.2, 0.25) is 0 Å². The van der Waals surface area contributed by atoms with Crippen molar-refractivity contribution >= 4 is 41.0 Å². The fourth-order valence-corrected chi connectivity index (χ4v) is 12.0. The summed E-state index contributed by atoms with van der Waals surface area (Å²) < 4.78 is 0. The molecule has 8 nitrogen and oxygen atoms in total. The quantitative estimate of drug-likeness (QED) is 0.135. The van der Waals surface area contributed by atoms with Gasteiger partial charge in [0.2, 0.25) is 0 Å². The Morgan fingerprint density at radius 3 is 0.512 bits per heavy atom. The number of hydrogen-bond acceptors (Lipinski definition) is 8. The van der Waals surface area contributed by atoms with Crippen molar-refractivity contribution in [2.75, 3.05) is 0 Å². The maximum absolute atomic E-state index is 4.26. The fourth-order valence-electron chi connectivity index (χ4n) is 12.0. The number of nitrogens with one attached hydrogen (secondary N) is 8. The van der Waals surface area contributed by atoms with E-state index in [0.29, 0.717) is 49.3 Å². The first-order valence-electron chi connectivity index (χ1n) is 18.1. The van der Waals surface area contributed by atoms with Crippen LogP contribution in [0, 0.1) is 47.3 Å². The summed E-state index contributed by atoms with van der Waals surface area (Å²) in [5.74, 6) is 5.97. The Labute approximate surface area is 288 Å². The zero-order valence-electron chi connectivity index (χ0n) is 25.6. The predicted octanol–water partition coefficient (Wildman–Crippen LogP) is 4.37. The van der Waals surface area contributed by atoms with Gasteiger partial charge in [-0.2, -0.15) is 0 Å². The number of halogens is 2. The zero-order valence-corrected chi connectivity index (χ0v) is 30.9. The molecule has 4 saturated carbocycles. The Balaban J connectivity index is 0.000000892. The van der Waals surface area contributed by atoms with Crippen LogP contribution in [-0.4, -0.2) is 49.3 Å². The van der Waals surface area contributed by atoms with Crippen LogP contribution >= 0.6 is 41.0 Å². The minimum absolute atomic E-state index is 0.420. The third-order valence-corrected chi connectivity index (χ3v) is 13.8. The van der Waals surface area contributed by atoms with Crippen LogP contribution in [0.4, 0.5) is 0 Å². The van der Waals surface area contributed by atoms with Gasteiger partial charge in [0.25, 0.3) is 0 Å². The second-order valence-electron chi connectivity index (χ2n) is 15.6. The first-order chi connectivity index (χ1) is 21.2. The van der Waals surface area contributed by atoms with Crippen molar-refractivity contribution in [3.8, 4) is 0 Å². The Morgan fingerprint density at radius 1 is 0.279 bits per heavy atom. The van der Waals surface area contributed by atoms with Gasteiger partial charge in [0.1, 0.15) is 0 Å². The molecule has 5 heterocycles. The van der Waals surface area contributed by atoms with E-state index in [1.165, 1.54) is 103 Å². The minimum atomic E-state index is 0.420. The van der Waals surface area contributed by atoms with E-state index >= 15 is 0 Å². The molecule has 9 fully saturated rings. The van der Waals surface area contributed by atoms with E-state index < -0.39 is 0 Å². The van der Waals surface area contributed by atoms with Crippen LogP contribution in [0.25, 0.3) is 0 Å². The number of fused-ring (bicyclic) bond motifs is 20. The molecule has 0 amide bonds. The molecular weight excluding hydrogens is 809 g/mol. The molecule has 0 spiro atoms. The van der Waals surface area contributed by atoms with Gasteiger partial charge in [-0.25, -0.2) is 0 Å². The first-order valence-corrected chi connectivity index (χ1v) is 24.5. The van der Waals surface area contributed by atoms with Gasteiger partial charge in [0, 0.05) is 0 Å². The normalized spacial score (nSPS) is 54.1. The van der Waals surface area contributed by atoms with Crippen LogP contribution in [0.1, 0.15) is 103 Å². The average molecular weight is 865 g/mol. The molecule has 0 aromatic carbocycles. The molecule has 0 aromatic rings. The molecule has 5 aliphatic heterocycles. The molecular formula is C32H56I2N8Ni. The van der Waals surface area contributed by atoms with Crippen LogP contribution in [0.3, 0.4) is 0 Å². The van der Waals surface area contributed by atoms with Crippen LogP contribution in [0.15, 0.2) is 0 Å². The van der Waals surface area contributed by atoms with Gasteiger partial charge in [0.05, 0.1) is 49.3 Å². The molecule has 8 unspecified atom stereocenters. The van der Waals surface area contributed by atoms with Crippen molar-refractivity contribution in [2.45, 2.75) is 152 Å². The van der Waals surface area contributed by atoms with Crippen molar-refractivity contribution in [2.24, 2.45) is 47.3 Å². The van der Waals surface area contributed by atoms with E-state index in [2.05, 4.69) is 83.5 Å². The van der Waals surface area contributed by atoms with Gasteiger partial charge in [-0.05, 0) is 98.7 Å². The standard InChI is InChI=1S/C32H56N8.2HI.Ni/c1-2-10-18-17(9-1)25-33-26(18)38-28-21-13-5-6-14-22(21)30(35-28)40-32-24-16-8-7-15-23(24)31(36-32)39-29-20-12-4-3-11-19(20)27(34-29)37-25;;;/h17-40H,1-16H2;2*1H;/q;;;+2/p-2. The summed E-state index contributed by atoms with van der Waals surface area (Å²) in [5, 5.41) is 33.8. The average Bonchev–Trinajstić information content (AvgIpc) is 3.77. The van der Waals surface area contributed by atoms with Crippen LogP contribution in [-0.2, 0) is 8.07 Å². The topological polar surface area (TPSA) is 96.2 Å². The van der Waals surface area contributed by atoms with E-state index in [-0.39, 0.29) is 0 Å². The summed E-state index contributed by atoms with van der Waals surface area (Å²) >= 11 is 4.43. The monoisotopic (exact) mass is 864 g/mol. The van der Waals surface area contributed by atoms with Gasteiger partial charge in [-0.1, -0.05) is 51.4 Å². The van der Waals surface area contributed by atoms with Gasteiger partial charge in [-0.15, -0.1) is 0 Å². The van der Waals surface area contributed by atoms with Crippen molar-refractivity contribution < 1.29 is 8.07 Å². The zero-order chi connectivity index (χ0) is 28.9. The number of rotatable bonds is 0.